The topological polar surface area (TPSA) is 49.4 Å². The highest BCUT2D eigenvalue weighted by atomic mass is 35.5. The van der Waals surface area contributed by atoms with E-state index in [2.05, 4.69) is 17.4 Å². The van der Waals surface area contributed by atoms with Crippen LogP contribution in [0, 0.1) is 0 Å². The molecule has 164 valence electrons. The molecule has 1 aliphatic heterocycles. The molecule has 5 heteroatoms. The lowest BCUT2D eigenvalue weighted by molar-refractivity contribution is -0.122. The van der Waals surface area contributed by atoms with Crippen LogP contribution >= 0.6 is 11.6 Å². The van der Waals surface area contributed by atoms with Gasteiger partial charge in [-0.05, 0) is 60.2 Å². The van der Waals surface area contributed by atoms with Gasteiger partial charge in [0.2, 0.25) is 5.91 Å². The van der Waals surface area contributed by atoms with Crippen LogP contribution in [-0.4, -0.2) is 35.8 Å². The van der Waals surface area contributed by atoms with Gasteiger partial charge in [-0.25, -0.2) is 0 Å². The molecule has 1 heterocycles. The number of hydrogen-bond donors (Lipinski definition) is 1. The van der Waals surface area contributed by atoms with Crippen molar-refractivity contribution in [3.05, 3.63) is 95.0 Å². The lowest BCUT2D eigenvalue weighted by Gasteiger charge is -2.32. The summed E-state index contributed by atoms with van der Waals surface area (Å²) in [5.74, 6) is 0.110. The Morgan fingerprint density at radius 2 is 1.47 bits per heavy atom. The number of hydrogen-bond acceptors (Lipinski definition) is 2. The second kappa shape index (κ2) is 10.5. The molecule has 0 unspecified atom stereocenters. The number of carbonyl (C=O) groups excluding carboxylic acids is 2. The third-order valence-corrected chi connectivity index (χ3v) is 6.19. The second-order valence-corrected chi connectivity index (χ2v) is 8.64. The van der Waals surface area contributed by atoms with Crippen molar-refractivity contribution in [2.24, 2.45) is 0 Å². The van der Waals surface area contributed by atoms with E-state index in [1.54, 1.807) is 0 Å². The molecule has 3 aromatic carbocycles. The van der Waals surface area contributed by atoms with Gasteiger partial charge in [-0.3, -0.25) is 9.59 Å². The largest absolute Gasteiger partial charge is 0.353 e. The summed E-state index contributed by atoms with van der Waals surface area (Å²) in [5, 5.41) is 3.82. The average molecular weight is 447 g/mol. The zero-order chi connectivity index (χ0) is 22.3. The van der Waals surface area contributed by atoms with Gasteiger partial charge in [0.05, 0.1) is 0 Å². The van der Waals surface area contributed by atoms with Crippen LogP contribution in [0.15, 0.2) is 78.9 Å². The SMILES string of the molecule is O=C(CCc1ccc(Cl)cc1)NC1CCN(C(=O)c2ccc(-c3ccccc3)cc2)CC1. The molecule has 1 aliphatic rings. The number of benzene rings is 3. The molecule has 32 heavy (non-hydrogen) atoms. The summed E-state index contributed by atoms with van der Waals surface area (Å²) in [5.41, 5.74) is 4.04. The molecular formula is C27H27ClN2O2. The molecular weight excluding hydrogens is 420 g/mol. The predicted molar refractivity (Wildman–Crippen MR) is 129 cm³/mol. The summed E-state index contributed by atoms with van der Waals surface area (Å²) < 4.78 is 0. The Morgan fingerprint density at radius 3 is 2.12 bits per heavy atom. The number of aryl methyl sites for hydroxylation is 1. The molecule has 0 spiro atoms. The Kier molecular flexibility index (Phi) is 7.23. The molecule has 1 saturated heterocycles. The van der Waals surface area contributed by atoms with Crippen LogP contribution in [0.3, 0.4) is 0 Å². The number of nitrogens with zero attached hydrogens (tertiary/aromatic N) is 1. The van der Waals surface area contributed by atoms with Gasteiger partial charge >= 0.3 is 0 Å². The Balaban J connectivity index is 1.23. The van der Waals surface area contributed by atoms with Crippen LogP contribution in [0.5, 0.6) is 0 Å². The Hall–Kier alpha value is -3.11. The van der Waals surface area contributed by atoms with Crippen molar-refractivity contribution in [1.82, 2.24) is 10.2 Å². The summed E-state index contributed by atoms with van der Waals surface area (Å²) in [6, 6.07) is 25.6. The first-order valence-corrected chi connectivity index (χ1v) is 11.4. The van der Waals surface area contributed by atoms with E-state index in [1.807, 2.05) is 71.6 Å². The van der Waals surface area contributed by atoms with E-state index in [1.165, 1.54) is 0 Å². The van der Waals surface area contributed by atoms with E-state index < -0.39 is 0 Å². The molecule has 0 bridgehead atoms. The molecule has 0 aromatic heterocycles. The van der Waals surface area contributed by atoms with Gasteiger partial charge in [-0.1, -0.05) is 66.2 Å². The lowest BCUT2D eigenvalue weighted by Crippen LogP contribution is -2.46. The fourth-order valence-electron chi connectivity index (χ4n) is 4.05. The average Bonchev–Trinajstić information content (AvgIpc) is 2.84. The molecule has 1 fully saturated rings. The predicted octanol–water partition coefficient (Wildman–Crippen LogP) is 5.36. The Morgan fingerprint density at radius 1 is 0.844 bits per heavy atom. The van der Waals surface area contributed by atoms with Gasteiger partial charge in [0.15, 0.2) is 0 Å². The molecule has 4 rings (SSSR count). The number of amides is 2. The summed E-state index contributed by atoms with van der Waals surface area (Å²) in [4.78, 5) is 27.1. The third kappa shape index (κ3) is 5.77. The van der Waals surface area contributed by atoms with E-state index in [0.29, 0.717) is 36.5 Å². The van der Waals surface area contributed by atoms with Crippen LogP contribution in [0.4, 0.5) is 0 Å². The summed E-state index contributed by atoms with van der Waals surface area (Å²) in [6.07, 6.45) is 2.70. The fraction of sp³-hybridized carbons (Fsp3) is 0.259. The van der Waals surface area contributed by atoms with Crippen molar-refractivity contribution >= 4 is 23.4 Å². The van der Waals surface area contributed by atoms with Crippen LogP contribution in [0.25, 0.3) is 11.1 Å². The van der Waals surface area contributed by atoms with Gasteiger partial charge in [0.25, 0.3) is 5.91 Å². The number of rotatable bonds is 6. The van der Waals surface area contributed by atoms with Crippen LogP contribution in [-0.2, 0) is 11.2 Å². The van der Waals surface area contributed by atoms with Gasteiger partial charge in [0, 0.05) is 36.1 Å². The summed E-state index contributed by atoms with van der Waals surface area (Å²) >= 11 is 5.90. The minimum atomic E-state index is 0.0529. The maximum atomic E-state index is 12.9. The second-order valence-electron chi connectivity index (χ2n) is 8.20. The minimum absolute atomic E-state index is 0.0529. The first kappa shape index (κ1) is 22.1. The minimum Gasteiger partial charge on any atom is -0.353 e. The van der Waals surface area contributed by atoms with Crippen molar-refractivity contribution in [2.75, 3.05) is 13.1 Å². The van der Waals surface area contributed by atoms with Crippen LogP contribution in [0.2, 0.25) is 5.02 Å². The van der Waals surface area contributed by atoms with E-state index in [4.69, 9.17) is 11.6 Å². The highest BCUT2D eigenvalue weighted by Crippen LogP contribution is 2.21. The lowest BCUT2D eigenvalue weighted by atomic mass is 10.0. The van der Waals surface area contributed by atoms with Crippen LogP contribution in [0.1, 0.15) is 35.2 Å². The standard InChI is InChI=1S/C27H27ClN2O2/c28-24-13-6-20(7-14-24)8-15-26(31)29-25-16-18-30(19-17-25)27(32)23-11-9-22(10-12-23)21-4-2-1-3-5-21/h1-7,9-14,25H,8,15-19H2,(H,29,31). The molecule has 3 aromatic rings. The zero-order valence-corrected chi connectivity index (χ0v) is 18.7. The van der Waals surface area contributed by atoms with Crippen molar-refractivity contribution in [2.45, 2.75) is 31.7 Å². The fourth-order valence-corrected chi connectivity index (χ4v) is 4.18. The normalized spacial score (nSPS) is 14.2. The quantitative estimate of drug-likeness (QED) is 0.554. The van der Waals surface area contributed by atoms with E-state index in [-0.39, 0.29) is 17.9 Å². The monoisotopic (exact) mass is 446 g/mol. The molecule has 1 N–H and O–H groups in total. The smallest absolute Gasteiger partial charge is 0.253 e. The molecule has 2 amide bonds. The number of halogens is 1. The first-order valence-electron chi connectivity index (χ1n) is 11.1. The number of carbonyl (C=O) groups is 2. The summed E-state index contributed by atoms with van der Waals surface area (Å²) in [7, 11) is 0. The molecule has 0 atom stereocenters. The first-order chi connectivity index (χ1) is 15.6. The van der Waals surface area contributed by atoms with Crippen molar-refractivity contribution in [3.8, 4) is 11.1 Å². The van der Waals surface area contributed by atoms with Gasteiger partial charge in [0.1, 0.15) is 0 Å². The van der Waals surface area contributed by atoms with Gasteiger partial charge in [-0.15, -0.1) is 0 Å². The van der Waals surface area contributed by atoms with Crippen molar-refractivity contribution in [1.29, 1.82) is 0 Å². The third-order valence-electron chi connectivity index (χ3n) is 5.94. The highest BCUT2D eigenvalue weighted by Gasteiger charge is 2.24. The Labute approximate surface area is 194 Å². The van der Waals surface area contributed by atoms with Crippen molar-refractivity contribution in [3.63, 3.8) is 0 Å². The maximum absolute atomic E-state index is 12.9. The van der Waals surface area contributed by atoms with Gasteiger partial charge in [-0.2, -0.15) is 0 Å². The van der Waals surface area contributed by atoms with Crippen LogP contribution < -0.4 is 5.32 Å². The zero-order valence-electron chi connectivity index (χ0n) is 18.0. The molecule has 0 aliphatic carbocycles. The summed E-state index contributed by atoms with van der Waals surface area (Å²) in [6.45, 7) is 1.31. The number of piperidine rings is 1. The number of nitrogens with one attached hydrogen (secondary N) is 1. The van der Waals surface area contributed by atoms with E-state index in [0.717, 1.165) is 29.5 Å². The maximum Gasteiger partial charge on any atom is 0.253 e. The number of likely N-dealkylation sites (tertiary alicyclic amines) is 1. The molecule has 0 saturated carbocycles. The van der Waals surface area contributed by atoms with Gasteiger partial charge < -0.3 is 10.2 Å². The Bertz CT molecular complexity index is 1040. The highest BCUT2D eigenvalue weighted by molar-refractivity contribution is 6.30. The van der Waals surface area contributed by atoms with E-state index >= 15 is 0 Å². The van der Waals surface area contributed by atoms with E-state index in [9.17, 15) is 9.59 Å². The van der Waals surface area contributed by atoms with Crippen molar-refractivity contribution < 1.29 is 9.59 Å². The molecule has 4 nitrogen and oxygen atoms in total. The molecule has 0 radical (unpaired) electrons.